The van der Waals surface area contributed by atoms with Crippen molar-refractivity contribution in [1.82, 2.24) is 15.5 Å². The van der Waals surface area contributed by atoms with Crippen LogP contribution >= 0.6 is 11.8 Å². The molecule has 0 aliphatic carbocycles. The molecular weight excluding hydrogens is 322 g/mol. The van der Waals surface area contributed by atoms with Crippen molar-refractivity contribution in [1.29, 1.82) is 0 Å². The van der Waals surface area contributed by atoms with Crippen LogP contribution in [-0.2, 0) is 16.6 Å². The summed E-state index contributed by atoms with van der Waals surface area (Å²) in [4.78, 5) is 17.9. The maximum Gasteiger partial charge on any atom is 0.227 e. The standard InChI is InChI=1S/C18H23N3O2S/c1-18(2,3)17-20-16(23-21-17)9-8-15(22)19-13-10-11-24-14-7-5-4-6-12(13)14/h4-7,13H,8-11H2,1-3H3,(H,19,22)/t13-/m0/s1. The van der Waals surface area contributed by atoms with Crippen LogP contribution in [-0.4, -0.2) is 21.8 Å². The molecule has 1 N–H and O–H groups in total. The first-order valence-corrected chi connectivity index (χ1v) is 9.26. The van der Waals surface area contributed by atoms with Crippen molar-refractivity contribution in [3.63, 3.8) is 0 Å². The molecule has 0 saturated heterocycles. The second-order valence-electron chi connectivity index (χ2n) is 7.06. The van der Waals surface area contributed by atoms with Crippen molar-refractivity contribution in [2.75, 3.05) is 5.75 Å². The van der Waals surface area contributed by atoms with E-state index in [1.165, 1.54) is 10.5 Å². The molecule has 3 rings (SSSR count). The smallest absolute Gasteiger partial charge is 0.227 e. The van der Waals surface area contributed by atoms with E-state index in [0.717, 1.165) is 12.2 Å². The number of aromatic nitrogens is 2. The van der Waals surface area contributed by atoms with E-state index in [1.807, 2.05) is 44.7 Å². The van der Waals surface area contributed by atoms with Gasteiger partial charge in [0.05, 0.1) is 6.04 Å². The summed E-state index contributed by atoms with van der Waals surface area (Å²) >= 11 is 1.85. The zero-order valence-electron chi connectivity index (χ0n) is 14.3. The minimum absolute atomic E-state index is 0.0252. The molecule has 0 spiro atoms. The molecule has 2 heterocycles. The Hall–Kier alpha value is -1.82. The molecule has 0 radical (unpaired) electrons. The predicted octanol–water partition coefficient (Wildman–Crippen LogP) is 3.65. The number of benzene rings is 1. The van der Waals surface area contributed by atoms with E-state index in [4.69, 9.17) is 4.52 Å². The number of carbonyl (C=O) groups is 1. The number of carbonyl (C=O) groups excluding carboxylic acids is 1. The normalized spacial score (nSPS) is 17.4. The molecule has 0 unspecified atom stereocenters. The molecule has 1 aromatic heterocycles. The fourth-order valence-electron chi connectivity index (χ4n) is 2.64. The zero-order chi connectivity index (χ0) is 17.2. The zero-order valence-corrected chi connectivity index (χ0v) is 15.2. The Labute approximate surface area is 146 Å². The van der Waals surface area contributed by atoms with Crippen molar-refractivity contribution in [3.8, 4) is 0 Å². The van der Waals surface area contributed by atoms with Crippen LogP contribution < -0.4 is 5.32 Å². The lowest BCUT2D eigenvalue weighted by atomic mass is 9.96. The van der Waals surface area contributed by atoms with Crippen LogP contribution in [0.3, 0.4) is 0 Å². The summed E-state index contributed by atoms with van der Waals surface area (Å²) in [6.45, 7) is 6.10. The number of fused-ring (bicyclic) bond motifs is 1. The van der Waals surface area contributed by atoms with Crippen LogP contribution in [0.2, 0.25) is 0 Å². The fourth-order valence-corrected chi connectivity index (χ4v) is 3.77. The molecule has 0 fully saturated rings. The van der Waals surface area contributed by atoms with Gasteiger partial charge in [0.15, 0.2) is 5.82 Å². The number of nitrogens with zero attached hydrogens (tertiary/aromatic N) is 2. The molecule has 2 aromatic rings. The van der Waals surface area contributed by atoms with Crippen molar-refractivity contribution in [2.24, 2.45) is 0 Å². The molecule has 1 aliphatic heterocycles. The summed E-state index contributed by atoms with van der Waals surface area (Å²) in [5.41, 5.74) is 1.07. The van der Waals surface area contributed by atoms with Crippen molar-refractivity contribution >= 4 is 17.7 Å². The first-order chi connectivity index (χ1) is 11.4. The van der Waals surface area contributed by atoms with Gasteiger partial charge in [-0.25, -0.2) is 0 Å². The van der Waals surface area contributed by atoms with E-state index >= 15 is 0 Å². The molecular formula is C18H23N3O2S. The number of amides is 1. The number of hydrogen-bond donors (Lipinski definition) is 1. The van der Waals surface area contributed by atoms with Crippen LogP contribution in [0.15, 0.2) is 33.7 Å². The van der Waals surface area contributed by atoms with Gasteiger partial charge in [-0.2, -0.15) is 4.98 Å². The largest absolute Gasteiger partial charge is 0.349 e. The highest BCUT2D eigenvalue weighted by Gasteiger charge is 2.23. The van der Waals surface area contributed by atoms with E-state index in [2.05, 4.69) is 27.6 Å². The van der Waals surface area contributed by atoms with Gasteiger partial charge in [0, 0.05) is 28.9 Å². The molecule has 1 amide bonds. The van der Waals surface area contributed by atoms with Crippen LogP contribution in [0.4, 0.5) is 0 Å². The summed E-state index contributed by atoms with van der Waals surface area (Å²) in [6.07, 6.45) is 1.79. The van der Waals surface area contributed by atoms with Crippen LogP contribution in [0.1, 0.15) is 56.9 Å². The van der Waals surface area contributed by atoms with E-state index in [1.54, 1.807) is 0 Å². The van der Waals surface area contributed by atoms with Gasteiger partial charge in [-0.3, -0.25) is 4.79 Å². The van der Waals surface area contributed by atoms with Gasteiger partial charge < -0.3 is 9.84 Å². The second kappa shape index (κ2) is 6.97. The van der Waals surface area contributed by atoms with Gasteiger partial charge in [0.25, 0.3) is 0 Å². The van der Waals surface area contributed by atoms with Gasteiger partial charge in [0.2, 0.25) is 11.8 Å². The first-order valence-electron chi connectivity index (χ1n) is 8.27. The second-order valence-corrected chi connectivity index (χ2v) is 8.19. The monoisotopic (exact) mass is 345 g/mol. The van der Waals surface area contributed by atoms with Gasteiger partial charge in [0.1, 0.15) is 0 Å². The lowest BCUT2D eigenvalue weighted by molar-refractivity contribution is -0.121. The maximum absolute atomic E-state index is 12.3. The topological polar surface area (TPSA) is 68.0 Å². The van der Waals surface area contributed by atoms with Crippen molar-refractivity contribution in [2.45, 2.75) is 56.4 Å². The maximum atomic E-state index is 12.3. The summed E-state index contributed by atoms with van der Waals surface area (Å²) in [7, 11) is 0. The Kier molecular flexibility index (Phi) is 4.94. The van der Waals surface area contributed by atoms with Crippen molar-refractivity contribution < 1.29 is 9.32 Å². The number of hydrogen-bond acceptors (Lipinski definition) is 5. The fraction of sp³-hybridized carbons (Fsp3) is 0.500. The Morgan fingerprint density at radius 3 is 2.92 bits per heavy atom. The highest BCUT2D eigenvalue weighted by molar-refractivity contribution is 7.99. The average Bonchev–Trinajstić information content (AvgIpc) is 3.03. The molecule has 1 atom stereocenters. The summed E-state index contributed by atoms with van der Waals surface area (Å²) in [5, 5.41) is 7.13. The lowest BCUT2D eigenvalue weighted by Crippen LogP contribution is -2.30. The Morgan fingerprint density at radius 2 is 2.17 bits per heavy atom. The molecule has 1 aliphatic rings. The van der Waals surface area contributed by atoms with Gasteiger partial charge in [-0.05, 0) is 18.1 Å². The molecule has 128 valence electrons. The minimum Gasteiger partial charge on any atom is -0.349 e. The highest BCUT2D eigenvalue weighted by Crippen LogP contribution is 2.35. The number of rotatable bonds is 4. The highest BCUT2D eigenvalue weighted by atomic mass is 32.2. The third-order valence-electron chi connectivity index (χ3n) is 4.00. The van der Waals surface area contributed by atoms with Gasteiger partial charge in [-0.15, -0.1) is 11.8 Å². The summed E-state index contributed by atoms with van der Waals surface area (Å²) in [6, 6.07) is 8.38. The van der Waals surface area contributed by atoms with Gasteiger partial charge in [-0.1, -0.05) is 44.1 Å². The van der Waals surface area contributed by atoms with E-state index < -0.39 is 0 Å². The molecule has 0 saturated carbocycles. The number of nitrogens with one attached hydrogen (secondary N) is 1. The summed E-state index contributed by atoms with van der Waals surface area (Å²) in [5.74, 6) is 2.25. The van der Waals surface area contributed by atoms with E-state index in [9.17, 15) is 4.79 Å². The van der Waals surface area contributed by atoms with Crippen LogP contribution in [0.5, 0.6) is 0 Å². The number of thioether (sulfide) groups is 1. The Morgan fingerprint density at radius 1 is 1.38 bits per heavy atom. The van der Waals surface area contributed by atoms with Gasteiger partial charge >= 0.3 is 0 Å². The SMILES string of the molecule is CC(C)(C)c1noc(CCC(=O)N[C@H]2CCSc3ccccc32)n1. The molecule has 1 aromatic carbocycles. The third kappa shape index (κ3) is 3.98. The van der Waals surface area contributed by atoms with Crippen molar-refractivity contribution in [3.05, 3.63) is 41.5 Å². The molecule has 6 heteroatoms. The molecule has 0 bridgehead atoms. The molecule has 5 nitrogen and oxygen atoms in total. The van der Waals surface area contributed by atoms with E-state index in [0.29, 0.717) is 24.6 Å². The first kappa shape index (κ1) is 17.0. The Balaban J connectivity index is 1.56. The van der Waals surface area contributed by atoms with Crippen LogP contribution in [0.25, 0.3) is 0 Å². The molecule has 24 heavy (non-hydrogen) atoms. The average molecular weight is 345 g/mol. The number of aryl methyl sites for hydroxylation is 1. The quantitative estimate of drug-likeness (QED) is 0.916. The third-order valence-corrected chi connectivity index (χ3v) is 5.12. The predicted molar refractivity (Wildman–Crippen MR) is 94.0 cm³/mol. The van der Waals surface area contributed by atoms with Crippen LogP contribution in [0, 0.1) is 0 Å². The Bertz CT molecular complexity index is 721. The summed E-state index contributed by atoms with van der Waals surface area (Å²) < 4.78 is 5.24. The minimum atomic E-state index is -0.145. The lowest BCUT2D eigenvalue weighted by Gasteiger charge is -2.25. The van der Waals surface area contributed by atoms with E-state index in [-0.39, 0.29) is 17.4 Å².